The third-order valence-corrected chi connectivity index (χ3v) is 6.42. The van der Waals surface area contributed by atoms with Crippen molar-refractivity contribution >= 4 is 11.8 Å². The quantitative estimate of drug-likeness (QED) is 0.677. The summed E-state index contributed by atoms with van der Waals surface area (Å²) in [6, 6.07) is 8.42. The minimum Gasteiger partial charge on any atom is -0.353 e. The number of nitrogens with one attached hydrogen (secondary N) is 3. The fourth-order valence-corrected chi connectivity index (χ4v) is 4.65. The van der Waals surface area contributed by atoms with Crippen LogP contribution in [0.15, 0.2) is 40.1 Å². The second-order valence-corrected chi connectivity index (χ2v) is 8.48. The van der Waals surface area contributed by atoms with E-state index < -0.39 is 11.2 Å². The zero-order chi connectivity index (χ0) is 21.8. The van der Waals surface area contributed by atoms with Crippen LogP contribution in [0.1, 0.15) is 42.4 Å². The summed E-state index contributed by atoms with van der Waals surface area (Å²) in [5.41, 5.74) is 1.76. The second kappa shape index (κ2) is 9.32. The Bertz CT molecular complexity index is 1040. The first-order chi connectivity index (χ1) is 15.0. The van der Waals surface area contributed by atoms with Gasteiger partial charge in [-0.25, -0.2) is 4.79 Å². The predicted molar refractivity (Wildman–Crippen MR) is 116 cm³/mol. The highest BCUT2D eigenvalue weighted by Gasteiger charge is 2.30. The lowest BCUT2D eigenvalue weighted by molar-refractivity contribution is -0.136. The van der Waals surface area contributed by atoms with Crippen molar-refractivity contribution in [1.29, 1.82) is 0 Å². The first-order valence-electron chi connectivity index (χ1n) is 11.0. The van der Waals surface area contributed by atoms with Gasteiger partial charge in [-0.3, -0.25) is 19.4 Å². The Morgan fingerprint density at radius 1 is 1.00 bits per heavy atom. The number of nitrogens with zero attached hydrogens (tertiary/aromatic N) is 1. The van der Waals surface area contributed by atoms with Crippen LogP contribution in [0, 0.1) is 5.92 Å². The van der Waals surface area contributed by atoms with E-state index in [1.807, 2.05) is 4.90 Å². The molecule has 3 N–H and O–H groups in total. The summed E-state index contributed by atoms with van der Waals surface area (Å²) >= 11 is 0. The van der Waals surface area contributed by atoms with E-state index >= 15 is 0 Å². The second-order valence-electron chi connectivity index (χ2n) is 8.48. The summed E-state index contributed by atoms with van der Waals surface area (Å²) in [6.07, 6.45) is 6.00. The van der Waals surface area contributed by atoms with Gasteiger partial charge in [0, 0.05) is 36.8 Å². The fraction of sp³-hybridized carbons (Fsp3) is 0.478. The molecule has 1 aromatic carbocycles. The molecule has 1 aromatic heterocycles. The van der Waals surface area contributed by atoms with Gasteiger partial charge in [-0.05, 0) is 49.7 Å². The Kier molecular flexibility index (Phi) is 6.34. The molecule has 0 bridgehead atoms. The highest BCUT2D eigenvalue weighted by atomic mass is 16.2. The van der Waals surface area contributed by atoms with Gasteiger partial charge in [0.05, 0.1) is 6.42 Å². The SMILES string of the molecule is O=C(Cc1c[nH]c(=O)[nH]c1=O)NC1CCC(C(=O)N2CCc3ccccc3CC2)CC1. The number of amides is 2. The van der Waals surface area contributed by atoms with Crippen LogP contribution in [0.3, 0.4) is 0 Å². The molecule has 1 saturated carbocycles. The summed E-state index contributed by atoms with van der Waals surface area (Å²) in [5.74, 6) is -0.00799. The minimum atomic E-state index is -0.592. The van der Waals surface area contributed by atoms with Gasteiger partial charge >= 0.3 is 5.69 Å². The Morgan fingerprint density at radius 3 is 2.26 bits per heavy atom. The molecule has 1 aliphatic carbocycles. The van der Waals surface area contributed by atoms with Crippen molar-refractivity contribution in [2.75, 3.05) is 13.1 Å². The van der Waals surface area contributed by atoms with E-state index in [0.29, 0.717) is 0 Å². The average Bonchev–Trinajstić information content (AvgIpc) is 2.98. The van der Waals surface area contributed by atoms with E-state index in [1.54, 1.807) is 0 Å². The number of carbonyl (C=O) groups is 2. The molecule has 2 aliphatic rings. The summed E-state index contributed by atoms with van der Waals surface area (Å²) in [4.78, 5) is 54.7. The summed E-state index contributed by atoms with van der Waals surface area (Å²) in [7, 11) is 0. The van der Waals surface area contributed by atoms with Gasteiger partial charge in [-0.15, -0.1) is 0 Å². The number of fused-ring (bicyclic) bond motifs is 1. The topological polar surface area (TPSA) is 115 Å². The molecular weight excluding hydrogens is 396 g/mol. The molecule has 0 radical (unpaired) electrons. The fourth-order valence-electron chi connectivity index (χ4n) is 4.65. The van der Waals surface area contributed by atoms with Crippen LogP contribution >= 0.6 is 0 Å². The molecule has 1 fully saturated rings. The number of benzene rings is 1. The van der Waals surface area contributed by atoms with Crippen molar-refractivity contribution in [2.24, 2.45) is 5.92 Å². The maximum Gasteiger partial charge on any atom is 0.325 e. The summed E-state index contributed by atoms with van der Waals surface area (Å²) in [5, 5.41) is 2.96. The highest BCUT2D eigenvalue weighted by molar-refractivity contribution is 5.80. The van der Waals surface area contributed by atoms with Crippen LogP contribution in [-0.4, -0.2) is 45.8 Å². The largest absolute Gasteiger partial charge is 0.353 e. The van der Waals surface area contributed by atoms with Crippen LogP contribution in [0.4, 0.5) is 0 Å². The third kappa shape index (κ3) is 5.13. The van der Waals surface area contributed by atoms with E-state index in [1.165, 1.54) is 17.3 Å². The molecule has 0 saturated heterocycles. The number of hydrogen-bond donors (Lipinski definition) is 3. The molecular formula is C23H28N4O4. The molecule has 0 unspecified atom stereocenters. The number of aromatic nitrogens is 2. The van der Waals surface area contributed by atoms with Gasteiger partial charge in [0.1, 0.15) is 0 Å². The van der Waals surface area contributed by atoms with Crippen LogP contribution in [0.25, 0.3) is 0 Å². The monoisotopic (exact) mass is 424 g/mol. The van der Waals surface area contributed by atoms with Gasteiger partial charge < -0.3 is 15.2 Å². The number of carbonyl (C=O) groups excluding carboxylic acids is 2. The molecule has 2 aromatic rings. The number of rotatable bonds is 4. The number of hydrogen-bond acceptors (Lipinski definition) is 4. The lowest BCUT2D eigenvalue weighted by Crippen LogP contribution is -2.43. The molecule has 4 rings (SSSR count). The molecule has 1 aliphatic heterocycles. The Hall–Kier alpha value is -3.16. The van der Waals surface area contributed by atoms with Gasteiger partial charge in [-0.1, -0.05) is 24.3 Å². The molecule has 164 valence electrons. The van der Waals surface area contributed by atoms with Crippen molar-refractivity contribution in [2.45, 2.75) is 51.0 Å². The smallest absolute Gasteiger partial charge is 0.325 e. The molecule has 8 nitrogen and oxygen atoms in total. The number of H-pyrrole nitrogens is 2. The van der Waals surface area contributed by atoms with Crippen molar-refractivity contribution in [1.82, 2.24) is 20.2 Å². The zero-order valence-electron chi connectivity index (χ0n) is 17.5. The first-order valence-corrected chi connectivity index (χ1v) is 11.0. The standard InChI is InChI=1S/C23H28N4O4/c28-20(13-18-14-24-23(31)26-21(18)29)25-19-7-5-17(6-8-19)22(30)27-11-9-15-3-1-2-4-16(15)10-12-27/h1-4,14,17,19H,5-13H2,(H,25,28)(H2,24,26,29,31). The van der Waals surface area contributed by atoms with E-state index in [2.05, 4.69) is 39.6 Å². The van der Waals surface area contributed by atoms with Gasteiger partial charge in [0.25, 0.3) is 5.56 Å². The Morgan fingerprint density at radius 2 is 1.65 bits per heavy atom. The van der Waals surface area contributed by atoms with Crippen LogP contribution < -0.4 is 16.6 Å². The third-order valence-electron chi connectivity index (χ3n) is 6.42. The highest BCUT2D eigenvalue weighted by Crippen LogP contribution is 2.27. The predicted octanol–water partition coefficient (Wildman–Crippen LogP) is 0.908. The van der Waals surface area contributed by atoms with Crippen molar-refractivity contribution in [3.05, 3.63) is 68.0 Å². The van der Waals surface area contributed by atoms with Gasteiger partial charge in [-0.2, -0.15) is 0 Å². The van der Waals surface area contributed by atoms with Crippen LogP contribution in [0.2, 0.25) is 0 Å². The molecule has 2 heterocycles. The normalized spacial score (nSPS) is 21.1. The van der Waals surface area contributed by atoms with Crippen molar-refractivity contribution in [3.8, 4) is 0 Å². The maximum atomic E-state index is 13.1. The van der Waals surface area contributed by atoms with E-state index in [9.17, 15) is 19.2 Å². The minimum absolute atomic E-state index is 0.00628. The van der Waals surface area contributed by atoms with Crippen LogP contribution in [-0.2, 0) is 28.9 Å². The van der Waals surface area contributed by atoms with E-state index in [0.717, 1.165) is 51.6 Å². The Balaban J connectivity index is 1.25. The van der Waals surface area contributed by atoms with Gasteiger partial charge in [0.15, 0.2) is 0 Å². The van der Waals surface area contributed by atoms with Crippen molar-refractivity contribution in [3.63, 3.8) is 0 Å². The zero-order valence-corrected chi connectivity index (χ0v) is 17.5. The Labute approximate surface area is 180 Å². The van der Waals surface area contributed by atoms with Crippen LogP contribution in [0.5, 0.6) is 0 Å². The lowest BCUT2D eigenvalue weighted by atomic mass is 9.85. The molecule has 31 heavy (non-hydrogen) atoms. The van der Waals surface area contributed by atoms with E-state index in [4.69, 9.17) is 0 Å². The van der Waals surface area contributed by atoms with Crippen molar-refractivity contribution < 1.29 is 9.59 Å². The lowest BCUT2D eigenvalue weighted by Gasteiger charge is -2.32. The molecule has 0 atom stereocenters. The molecule has 2 amide bonds. The van der Waals surface area contributed by atoms with Gasteiger partial charge in [0.2, 0.25) is 11.8 Å². The van der Waals surface area contributed by atoms with E-state index in [-0.39, 0.29) is 35.8 Å². The average molecular weight is 425 g/mol. The maximum absolute atomic E-state index is 13.1. The molecule has 8 heteroatoms. The first kappa shape index (κ1) is 21.1. The number of aromatic amines is 2. The summed E-state index contributed by atoms with van der Waals surface area (Å²) in [6.45, 7) is 1.53. The molecule has 0 spiro atoms. The summed E-state index contributed by atoms with van der Waals surface area (Å²) < 4.78 is 0.